The second-order valence-electron chi connectivity index (χ2n) is 8.66. The van der Waals surface area contributed by atoms with Crippen LogP contribution in [0.4, 0.5) is 15.8 Å². The van der Waals surface area contributed by atoms with E-state index < -0.39 is 21.4 Å². The first kappa shape index (κ1) is 42.1. The Morgan fingerprint density at radius 3 is 1.57 bits per heavy atom. The summed E-state index contributed by atoms with van der Waals surface area (Å²) in [6.45, 7) is 3.86. The van der Waals surface area contributed by atoms with Gasteiger partial charge in [-0.25, -0.2) is 0 Å². The molecule has 0 radical (unpaired) electrons. The number of phenolic OH excluding ortho intramolecular Hbond substituents is 1. The first-order chi connectivity index (χ1) is 21.8. The van der Waals surface area contributed by atoms with Gasteiger partial charge < -0.3 is 28.8 Å². The second kappa shape index (κ2) is 21.7. The molecule has 0 heterocycles. The molecule has 0 saturated heterocycles. The van der Waals surface area contributed by atoms with E-state index >= 15 is 0 Å². The molecule has 0 atom stereocenters. The Bertz CT molecular complexity index is 1670. The van der Waals surface area contributed by atoms with Crippen molar-refractivity contribution in [1.29, 1.82) is 0 Å². The molecule has 0 bridgehead atoms. The van der Waals surface area contributed by atoms with Gasteiger partial charge in [0.25, 0.3) is 0 Å². The lowest BCUT2D eigenvalue weighted by Crippen LogP contribution is -1.96. The molecule has 4 aromatic rings. The Morgan fingerprint density at radius 1 is 0.660 bits per heavy atom. The molecular formula is C31H35FN2O10S3. The first-order valence-electron chi connectivity index (χ1n) is 12.7. The van der Waals surface area contributed by atoms with E-state index in [4.69, 9.17) is 24.1 Å². The van der Waals surface area contributed by atoms with Gasteiger partial charge in [0.1, 0.15) is 11.5 Å². The van der Waals surface area contributed by atoms with Gasteiger partial charge in [0, 0.05) is 55.5 Å². The molecule has 0 aliphatic heterocycles. The van der Waals surface area contributed by atoms with Gasteiger partial charge >= 0.3 is 11.4 Å². The first-order valence-corrected chi connectivity index (χ1v) is 15.4. The third-order valence-electron chi connectivity index (χ3n) is 5.59. The van der Waals surface area contributed by atoms with Gasteiger partial charge in [-0.2, -0.15) is 4.39 Å². The van der Waals surface area contributed by atoms with E-state index in [2.05, 4.69) is 27.1 Å². The van der Waals surface area contributed by atoms with Crippen LogP contribution in [0.5, 0.6) is 40.2 Å². The van der Waals surface area contributed by atoms with Crippen molar-refractivity contribution < 1.29 is 43.0 Å². The van der Waals surface area contributed by atoms with Crippen molar-refractivity contribution in [2.45, 2.75) is 21.3 Å². The third-order valence-corrected chi connectivity index (χ3v) is 5.59. The zero-order valence-corrected chi connectivity index (χ0v) is 28.0. The minimum absolute atomic E-state index is 0. The van der Waals surface area contributed by atoms with Crippen LogP contribution >= 0.6 is 0 Å². The number of ether oxygens (including phenoxy) is 5. The molecule has 0 saturated carbocycles. The van der Waals surface area contributed by atoms with Gasteiger partial charge in [0.2, 0.25) is 11.6 Å². The summed E-state index contributed by atoms with van der Waals surface area (Å²) in [4.78, 5) is 19.9. The fourth-order valence-electron chi connectivity index (χ4n) is 3.38. The highest BCUT2D eigenvalue weighted by atomic mass is 33.1. The predicted molar refractivity (Wildman–Crippen MR) is 185 cm³/mol. The van der Waals surface area contributed by atoms with Crippen molar-refractivity contribution in [2.24, 2.45) is 0 Å². The van der Waals surface area contributed by atoms with E-state index in [1.54, 1.807) is 24.3 Å². The zero-order valence-electron chi connectivity index (χ0n) is 25.5. The maximum absolute atomic E-state index is 12.8. The summed E-state index contributed by atoms with van der Waals surface area (Å²) in [5.74, 6) is 1.57. The predicted octanol–water partition coefficient (Wildman–Crippen LogP) is 7.79. The molecule has 0 aliphatic carbocycles. The topological polar surface area (TPSA) is 153 Å². The molecule has 4 aromatic carbocycles. The van der Waals surface area contributed by atoms with E-state index in [1.165, 1.54) is 52.7 Å². The number of benzene rings is 4. The SMILES string of the molecule is C.COc1cc(C)ccc1O.COc1ccc([N+](=O)[O-])c(F)c1.COc1ccc([N+](=O)[O-])c(Oc2ccc(C)cc2OC)c1.S=S=S. The number of nitro benzene ring substituents is 2. The van der Waals surface area contributed by atoms with Crippen molar-refractivity contribution in [1.82, 2.24) is 0 Å². The Balaban J connectivity index is 0.000000692. The molecule has 47 heavy (non-hydrogen) atoms. The maximum Gasteiger partial charge on any atom is 0.311 e. The maximum atomic E-state index is 12.8. The summed E-state index contributed by atoms with van der Waals surface area (Å²) in [7, 11) is 6.81. The number of rotatable bonds is 8. The van der Waals surface area contributed by atoms with Gasteiger partial charge in [0.15, 0.2) is 23.0 Å². The summed E-state index contributed by atoms with van der Waals surface area (Å²) in [5, 5.41) is 30.3. The molecule has 12 nitrogen and oxygen atoms in total. The highest BCUT2D eigenvalue weighted by Gasteiger charge is 2.18. The van der Waals surface area contributed by atoms with E-state index in [-0.39, 0.29) is 30.4 Å². The fourth-order valence-corrected chi connectivity index (χ4v) is 3.38. The Hall–Kier alpha value is -4.93. The van der Waals surface area contributed by atoms with Gasteiger partial charge in [-0.1, -0.05) is 19.6 Å². The molecule has 0 amide bonds. The normalized spacial score (nSPS) is 9.17. The molecule has 0 aromatic heterocycles. The number of phenols is 1. The molecule has 254 valence electrons. The lowest BCUT2D eigenvalue weighted by molar-refractivity contribution is -0.387. The van der Waals surface area contributed by atoms with Crippen LogP contribution in [0.2, 0.25) is 0 Å². The molecule has 4 rings (SSSR count). The lowest BCUT2D eigenvalue weighted by atomic mass is 10.2. The van der Waals surface area contributed by atoms with E-state index in [1.807, 2.05) is 26.0 Å². The monoisotopic (exact) mass is 710 g/mol. The highest BCUT2D eigenvalue weighted by molar-refractivity contribution is 8.37. The summed E-state index contributed by atoms with van der Waals surface area (Å²) >= 11 is 8.25. The number of nitrogens with zero attached hydrogens (tertiary/aromatic N) is 2. The van der Waals surface area contributed by atoms with Crippen molar-refractivity contribution in [3.05, 3.63) is 110 Å². The highest BCUT2D eigenvalue weighted by Crippen LogP contribution is 2.38. The van der Waals surface area contributed by atoms with Gasteiger partial charge in [-0.05, 0) is 61.4 Å². The van der Waals surface area contributed by atoms with E-state index in [0.717, 1.165) is 32.1 Å². The fraction of sp³-hybridized carbons (Fsp3) is 0.226. The minimum atomic E-state index is -0.889. The van der Waals surface area contributed by atoms with Crippen LogP contribution in [-0.2, 0) is 31.3 Å². The van der Waals surface area contributed by atoms with Crippen molar-refractivity contribution in [3.63, 3.8) is 0 Å². The van der Waals surface area contributed by atoms with Crippen LogP contribution in [0.15, 0.2) is 72.8 Å². The van der Waals surface area contributed by atoms with Crippen molar-refractivity contribution in [3.8, 4) is 40.2 Å². The summed E-state index contributed by atoms with van der Waals surface area (Å²) < 4.78 is 38.3. The lowest BCUT2D eigenvalue weighted by Gasteiger charge is -2.12. The van der Waals surface area contributed by atoms with Crippen LogP contribution < -0.4 is 23.7 Å². The zero-order chi connectivity index (χ0) is 34.8. The van der Waals surface area contributed by atoms with Crippen LogP contribution in [-0.4, -0.2) is 43.4 Å². The van der Waals surface area contributed by atoms with E-state index in [9.17, 15) is 24.6 Å². The second-order valence-corrected chi connectivity index (χ2v) is 10.4. The molecular weight excluding hydrogens is 676 g/mol. The number of halogens is 1. The average molecular weight is 711 g/mol. The molecule has 0 fully saturated rings. The van der Waals surface area contributed by atoms with Crippen LogP contribution in [0.25, 0.3) is 0 Å². The number of hydrogen-bond donors (Lipinski definition) is 1. The molecule has 1 N–H and O–H groups in total. The summed E-state index contributed by atoms with van der Waals surface area (Å²) in [6, 6.07) is 18.3. The summed E-state index contributed by atoms with van der Waals surface area (Å²) in [5.41, 5.74) is 1.39. The van der Waals surface area contributed by atoms with Crippen LogP contribution in [0, 0.1) is 39.9 Å². The van der Waals surface area contributed by atoms with E-state index in [0.29, 0.717) is 23.0 Å². The number of methoxy groups -OCH3 is 4. The number of hydrogen-bond acceptors (Lipinski definition) is 12. The number of aromatic hydroxyl groups is 1. The summed E-state index contributed by atoms with van der Waals surface area (Å²) in [6.07, 6.45) is 0. The number of nitro groups is 2. The van der Waals surface area contributed by atoms with Gasteiger partial charge in [0.05, 0.1) is 38.3 Å². The van der Waals surface area contributed by atoms with Crippen LogP contribution in [0.3, 0.4) is 0 Å². The van der Waals surface area contributed by atoms with Crippen molar-refractivity contribution >= 4 is 42.6 Å². The standard InChI is InChI=1S/C15H15NO5.C8H10O2.C7H6FNO3.CH4.S3/c1-10-4-7-13(15(8-10)20-3)21-14-9-11(19-2)5-6-12(14)16(17)18;1-6-3-4-7(9)8(5-6)10-2;1-12-5-2-3-7(9(10)11)6(8)4-5;;1-3-2/h4-9H,1-3H3;3-5,9H,1-2H3;2-4H,1H3;1H4;. The van der Waals surface area contributed by atoms with Gasteiger partial charge in [-0.15, -0.1) is 0 Å². The van der Waals surface area contributed by atoms with Gasteiger partial charge in [-0.3, -0.25) is 20.2 Å². The largest absolute Gasteiger partial charge is 0.504 e. The smallest absolute Gasteiger partial charge is 0.311 e. The Labute approximate surface area is 284 Å². The van der Waals surface area contributed by atoms with Crippen molar-refractivity contribution in [2.75, 3.05) is 28.4 Å². The molecule has 0 unspecified atom stereocenters. The quantitative estimate of drug-likeness (QED) is 0.140. The third kappa shape index (κ3) is 13.9. The average Bonchev–Trinajstić information content (AvgIpc) is 3.03. The van der Waals surface area contributed by atoms with Crippen LogP contribution in [0.1, 0.15) is 18.6 Å². The molecule has 0 spiro atoms. The number of aryl methyl sites for hydroxylation is 2. The molecule has 0 aliphatic rings. The minimum Gasteiger partial charge on any atom is -0.504 e. The Kier molecular flexibility index (Phi) is 19.5. The Morgan fingerprint density at radius 2 is 1.13 bits per heavy atom. The molecule has 16 heteroatoms.